The Kier molecular flexibility index (Phi) is 6.70. The standard InChI is InChI=1S/C49H31NS2/c1-3-14-32(15-4-1)36-19-13-22-42-48(36)52-47-31-34(27-29-41(47)49(42)39-20-8-11-24-45(39)51-46-25-12-9-21-40(46)49)33-26-28-38-37-18-7-10-23-43(37)50(44(38)30-33)35-16-5-2-6-17-35/h1-31H. The number of hydrogen-bond donors (Lipinski definition) is 0. The van der Waals surface area contributed by atoms with Crippen LogP contribution >= 0.6 is 23.5 Å². The van der Waals surface area contributed by atoms with Gasteiger partial charge in [-0.2, -0.15) is 0 Å². The van der Waals surface area contributed by atoms with Crippen molar-refractivity contribution < 1.29 is 0 Å². The normalized spacial score (nSPS) is 13.8. The van der Waals surface area contributed by atoms with Crippen LogP contribution in [0.5, 0.6) is 0 Å². The van der Waals surface area contributed by atoms with Crippen LogP contribution < -0.4 is 0 Å². The van der Waals surface area contributed by atoms with E-state index < -0.39 is 5.41 Å². The topological polar surface area (TPSA) is 4.93 Å². The van der Waals surface area contributed by atoms with Crippen molar-refractivity contribution in [3.8, 4) is 27.9 Å². The van der Waals surface area contributed by atoms with E-state index in [2.05, 4.69) is 193 Å². The maximum atomic E-state index is 2.45. The molecule has 52 heavy (non-hydrogen) atoms. The van der Waals surface area contributed by atoms with Gasteiger partial charge in [-0.05, 0) is 87.0 Å². The van der Waals surface area contributed by atoms with Gasteiger partial charge in [-0.3, -0.25) is 0 Å². The largest absolute Gasteiger partial charge is 0.309 e. The minimum absolute atomic E-state index is 0.457. The van der Waals surface area contributed by atoms with Gasteiger partial charge >= 0.3 is 0 Å². The van der Waals surface area contributed by atoms with Crippen LogP contribution in [-0.4, -0.2) is 4.57 Å². The lowest BCUT2D eigenvalue weighted by Crippen LogP contribution is -2.36. The van der Waals surface area contributed by atoms with Crippen LogP contribution in [0.2, 0.25) is 0 Å². The molecule has 0 bridgehead atoms. The molecule has 1 aromatic heterocycles. The van der Waals surface area contributed by atoms with E-state index in [0.717, 1.165) is 0 Å². The van der Waals surface area contributed by atoms with Gasteiger partial charge in [0.15, 0.2) is 0 Å². The lowest BCUT2D eigenvalue weighted by molar-refractivity contribution is 0.668. The molecule has 11 rings (SSSR count). The Labute approximate surface area is 311 Å². The van der Waals surface area contributed by atoms with E-state index in [0.29, 0.717) is 0 Å². The minimum atomic E-state index is -0.457. The summed E-state index contributed by atoms with van der Waals surface area (Å²) in [4.78, 5) is 5.26. The van der Waals surface area contributed by atoms with E-state index in [9.17, 15) is 0 Å². The van der Waals surface area contributed by atoms with Gasteiger partial charge in [0.25, 0.3) is 0 Å². The second-order valence-electron chi connectivity index (χ2n) is 13.6. The molecule has 2 aliphatic heterocycles. The number of hydrogen-bond acceptors (Lipinski definition) is 2. The second kappa shape index (κ2) is 11.6. The summed E-state index contributed by atoms with van der Waals surface area (Å²) in [6.45, 7) is 0. The Hall–Kier alpha value is -5.74. The van der Waals surface area contributed by atoms with Gasteiger partial charge < -0.3 is 4.57 Å². The van der Waals surface area contributed by atoms with Gasteiger partial charge in [0, 0.05) is 36.0 Å². The molecule has 0 radical (unpaired) electrons. The predicted molar refractivity (Wildman–Crippen MR) is 218 cm³/mol. The zero-order valence-corrected chi connectivity index (χ0v) is 29.8. The number of benzene rings is 8. The zero-order valence-electron chi connectivity index (χ0n) is 28.2. The van der Waals surface area contributed by atoms with Crippen LogP contribution in [0.1, 0.15) is 22.3 Å². The van der Waals surface area contributed by atoms with Gasteiger partial charge in [-0.15, -0.1) is 0 Å². The third kappa shape index (κ3) is 4.27. The summed E-state index contributed by atoms with van der Waals surface area (Å²) >= 11 is 3.82. The predicted octanol–water partition coefficient (Wildman–Crippen LogP) is 13.4. The highest BCUT2D eigenvalue weighted by Crippen LogP contribution is 2.63. The first-order valence-electron chi connectivity index (χ1n) is 17.8. The first-order valence-corrected chi connectivity index (χ1v) is 19.4. The van der Waals surface area contributed by atoms with E-state index in [-0.39, 0.29) is 0 Å². The van der Waals surface area contributed by atoms with Crippen molar-refractivity contribution in [1.29, 1.82) is 0 Å². The molecule has 0 aliphatic carbocycles. The van der Waals surface area contributed by atoms with Gasteiger partial charge in [0.1, 0.15) is 0 Å². The molecule has 0 fully saturated rings. The number of nitrogens with zero attached hydrogens (tertiary/aromatic N) is 1. The molecule has 9 aromatic rings. The van der Waals surface area contributed by atoms with E-state index in [1.807, 2.05) is 23.5 Å². The summed E-state index contributed by atoms with van der Waals surface area (Å²) in [5, 5.41) is 2.54. The summed E-state index contributed by atoms with van der Waals surface area (Å²) in [5.74, 6) is 0. The van der Waals surface area contributed by atoms with E-state index in [4.69, 9.17) is 0 Å². The van der Waals surface area contributed by atoms with Crippen molar-refractivity contribution in [2.24, 2.45) is 0 Å². The SMILES string of the molecule is c1ccc(-c2cccc3c2Sc2cc(-c4ccc5c6ccccc6n(-c6ccccc6)c5c4)ccc2C32c3ccccc3Sc3ccccc32)cc1. The molecular weight excluding hydrogens is 667 g/mol. The number of fused-ring (bicyclic) bond motifs is 11. The summed E-state index contributed by atoms with van der Waals surface area (Å²) in [7, 11) is 0. The molecule has 0 amide bonds. The van der Waals surface area contributed by atoms with Crippen molar-refractivity contribution in [3.05, 3.63) is 210 Å². The summed E-state index contributed by atoms with van der Waals surface area (Å²) in [6, 6.07) is 69.7. The third-order valence-electron chi connectivity index (χ3n) is 10.9. The maximum Gasteiger partial charge on any atom is 0.0745 e. The average molecular weight is 698 g/mol. The van der Waals surface area contributed by atoms with Gasteiger partial charge in [-0.25, -0.2) is 0 Å². The Morgan fingerprint density at radius 3 is 1.75 bits per heavy atom. The van der Waals surface area contributed by atoms with Crippen LogP contribution in [0, 0.1) is 0 Å². The molecule has 0 atom stereocenters. The van der Waals surface area contributed by atoms with E-state index in [1.165, 1.54) is 91.6 Å². The Bertz CT molecular complexity index is 2810. The Balaban J connectivity index is 1.18. The van der Waals surface area contributed by atoms with Crippen LogP contribution in [0.15, 0.2) is 208 Å². The molecule has 1 spiro atoms. The van der Waals surface area contributed by atoms with Crippen LogP contribution in [0.25, 0.3) is 49.7 Å². The quantitative estimate of drug-likeness (QED) is 0.181. The second-order valence-corrected chi connectivity index (χ2v) is 15.8. The number of aromatic nitrogens is 1. The van der Waals surface area contributed by atoms with Crippen molar-refractivity contribution >= 4 is 45.3 Å². The molecular formula is C49H31NS2. The number of para-hydroxylation sites is 2. The Morgan fingerprint density at radius 1 is 0.365 bits per heavy atom. The molecule has 244 valence electrons. The van der Waals surface area contributed by atoms with E-state index >= 15 is 0 Å². The summed E-state index contributed by atoms with van der Waals surface area (Å²) in [5.41, 5.74) is 13.5. The smallest absolute Gasteiger partial charge is 0.0745 e. The first kappa shape index (κ1) is 29.9. The molecule has 3 heterocycles. The van der Waals surface area contributed by atoms with Gasteiger partial charge in [0.2, 0.25) is 0 Å². The lowest BCUT2D eigenvalue weighted by Gasteiger charge is -2.46. The molecule has 0 unspecified atom stereocenters. The fourth-order valence-electron chi connectivity index (χ4n) is 8.72. The van der Waals surface area contributed by atoms with Crippen molar-refractivity contribution in [1.82, 2.24) is 4.57 Å². The highest BCUT2D eigenvalue weighted by molar-refractivity contribution is 8.00. The summed E-state index contributed by atoms with van der Waals surface area (Å²) in [6.07, 6.45) is 0. The van der Waals surface area contributed by atoms with Crippen LogP contribution in [0.3, 0.4) is 0 Å². The highest BCUT2D eigenvalue weighted by Gasteiger charge is 2.49. The summed E-state index contributed by atoms with van der Waals surface area (Å²) < 4.78 is 2.41. The third-order valence-corrected chi connectivity index (χ3v) is 13.3. The molecule has 8 aromatic carbocycles. The fraction of sp³-hybridized carbons (Fsp3) is 0.0204. The van der Waals surface area contributed by atoms with Gasteiger partial charge in [-0.1, -0.05) is 169 Å². The lowest BCUT2D eigenvalue weighted by atomic mass is 9.64. The van der Waals surface area contributed by atoms with Gasteiger partial charge in [0.05, 0.1) is 16.4 Å². The zero-order chi connectivity index (χ0) is 34.2. The molecule has 1 nitrogen and oxygen atoms in total. The van der Waals surface area contributed by atoms with Crippen molar-refractivity contribution in [3.63, 3.8) is 0 Å². The maximum absolute atomic E-state index is 2.45. The van der Waals surface area contributed by atoms with Crippen molar-refractivity contribution in [2.75, 3.05) is 0 Å². The van der Waals surface area contributed by atoms with E-state index in [1.54, 1.807) is 0 Å². The first-order chi connectivity index (χ1) is 25.8. The fourth-order valence-corrected chi connectivity index (χ4v) is 11.3. The van der Waals surface area contributed by atoms with Crippen LogP contribution in [0.4, 0.5) is 0 Å². The molecule has 3 heteroatoms. The molecule has 0 saturated carbocycles. The molecule has 0 N–H and O–H groups in total. The monoisotopic (exact) mass is 697 g/mol. The van der Waals surface area contributed by atoms with Crippen molar-refractivity contribution in [2.45, 2.75) is 25.0 Å². The minimum Gasteiger partial charge on any atom is -0.309 e. The number of rotatable bonds is 3. The average Bonchev–Trinajstić information content (AvgIpc) is 3.55. The Morgan fingerprint density at radius 2 is 0.962 bits per heavy atom. The van der Waals surface area contributed by atoms with Crippen LogP contribution in [-0.2, 0) is 5.41 Å². The molecule has 0 saturated heterocycles. The highest BCUT2D eigenvalue weighted by atomic mass is 32.2. The molecule has 2 aliphatic rings.